The van der Waals surface area contributed by atoms with E-state index in [1.54, 1.807) is 0 Å². The third-order valence-corrected chi connectivity index (χ3v) is 7.91. The molecule has 90 valence electrons. The van der Waals surface area contributed by atoms with Crippen molar-refractivity contribution in [1.29, 1.82) is 0 Å². The largest absolute Gasteiger partial charge is 0.543 e. The highest BCUT2D eigenvalue weighted by Gasteiger charge is 2.32. The standard InChI is InChI=1S/C14H24OSi/c1-4-12-16(6-3,13-5-2)15-14-10-8-7-9-11-14/h7-11H,4-6,12-13H2,1-3H3. The van der Waals surface area contributed by atoms with E-state index in [2.05, 4.69) is 45.0 Å². The van der Waals surface area contributed by atoms with Crippen LogP contribution in [-0.2, 0) is 0 Å². The number of rotatable bonds is 7. The third-order valence-electron chi connectivity index (χ3n) is 3.13. The van der Waals surface area contributed by atoms with Gasteiger partial charge in [-0.05, 0) is 30.3 Å². The van der Waals surface area contributed by atoms with Crippen LogP contribution in [-0.4, -0.2) is 8.32 Å². The second-order valence-corrected chi connectivity index (χ2v) is 8.73. The topological polar surface area (TPSA) is 9.23 Å². The summed E-state index contributed by atoms with van der Waals surface area (Å²) in [6.07, 6.45) is 2.49. The van der Waals surface area contributed by atoms with Crippen molar-refractivity contribution < 1.29 is 4.43 Å². The van der Waals surface area contributed by atoms with Gasteiger partial charge in [0.25, 0.3) is 8.32 Å². The number of benzene rings is 1. The van der Waals surface area contributed by atoms with Crippen molar-refractivity contribution in [2.24, 2.45) is 0 Å². The van der Waals surface area contributed by atoms with Gasteiger partial charge < -0.3 is 4.43 Å². The molecule has 0 radical (unpaired) electrons. The minimum absolute atomic E-state index is 1.07. The van der Waals surface area contributed by atoms with Crippen LogP contribution in [0.2, 0.25) is 18.1 Å². The molecule has 0 aliphatic carbocycles. The lowest BCUT2D eigenvalue weighted by molar-refractivity contribution is 0.523. The van der Waals surface area contributed by atoms with E-state index in [-0.39, 0.29) is 0 Å². The third kappa shape index (κ3) is 3.67. The highest BCUT2D eigenvalue weighted by Crippen LogP contribution is 2.27. The van der Waals surface area contributed by atoms with E-state index in [9.17, 15) is 0 Å². The Morgan fingerprint density at radius 1 is 0.938 bits per heavy atom. The average Bonchev–Trinajstić information content (AvgIpc) is 2.31. The van der Waals surface area contributed by atoms with Crippen molar-refractivity contribution in [3.05, 3.63) is 30.3 Å². The van der Waals surface area contributed by atoms with Crippen molar-refractivity contribution in [2.75, 3.05) is 0 Å². The number of hydrogen-bond acceptors (Lipinski definition) is 1. The molecule has 0 heterocycles. The first kappa shape index (κ1) is 13.3. The number of hydrogen-bond donors (Lipinski definition) is 0. The van der Waals surface area contributed by atoms with Crippen LogP contribution in [0.3, 0.4) is 0 Å². The fraction of sp³-hybridized carbons (Fsp3) is 0.571. The Balaban J connectivity index is 2.76. The zero-order chi connectivity index (χ0) is 11.9. The Bertz CT molecular complexity index is 278. The molecule has 1 nitrogen and oxygen atoms in total. The van der Waals surface area contributed by atoms with Crippen LogP contribution < -0.4 is 4.43 Å². The predicted molar refractivity (Wildman–Crippen MR) is 73.5 cm³/mol. The highest BCUT2D eigenvalue weighted by atomic mass is 28.4. The van der Waals surface area contributed by atoms with Gasteiger partial charge >= 0.3 is 0 Å². The van der Waals surface area contributed by atoms with Gasteiger partial charge in [-0.2, -0.15) is 0 Å². The molecule has 0 aliphatic rings. The molecule has 1 aromatic rings. The molecule has 1 aromatic carbocycles. The molecule has 0 fully saturated rings. The van der Waals surface area contributed by atoms with Gasteiger partial charge in [0.2, 0.25) is 0 Å². The molecule has 0 aliphatic heterocycles. The van der Waals surface area contributed by atoms with Crippen LogP contribution in [0.5, 0.6) is 5.75 Å². The fourth-order valence-electron chi connectivity index (χ4n) is 2.30. The number of para-hydroxylation sites is 1. The molecule has 0 aromatic heterocycles. The molecule has 0 bridgehead atoms. The van der Waals surface area contributed by atoms with E-state index in [1.165, 1.54) is 31.0 Å². The summed E-state index contributed by atoms with van der Waals surface area (Å²) in [4.78, 5) is 0. The first-order valence-corrected chi connectivity index (χ1v) is 9.03. The van der Waals surface area contributed by atoms with Gasteiger partial charge in [0.05, 0.1) is 0 Å². The van der Waals surface area contributed by atoms with Crippen LogP contribution in [0.1, 0.15) is 33.6 Å². The normalized spacial score (nSPS) is 11.4. The first-order chi connectivity index (χ1) is 7.76. The first-order valence-electron chi connectivity index (χ1n) is 6.50. The van der Waals surface area contributed by atoms with Gasteiger partial charge in [-0.25, -0.2) is 0 Å². The van der Waals surface area contributed by atoms with Gasteiger partial charge in [-0.3, -0.25) is 0 Å². The Morgan fingerprint density at radius 2 is 1.50 bits per heavy atom. The molecule has 0 amide bonds. The highest BCUT2D eigenvalue weighted by molar-refractivity contribution is 6.74. The molecule has 0 N–H and O–H groups in total. The summed E-state index contributed by atoms with van der Waals surface area (Å²) in [5, 5.41) is 0. The Kier molecular flexibility index (Phi) is 5.60. The zero-order valence-corrected chi connectivity index (χ0v) is 11.8. The smallest absolute Gasteiger partial charge is 0.250 e. The van der Waals surface area contributed by atoms with Crippen LogP contribution in [0.15, 0.2) is 30.3 Å². The van der Waals surface area contributed by atoms with Crippen LogP contribution in [0, 0.1) is 0 Å². The van der Waals surface area contributed by atoms with Crippen LogP contribution in [0.4, 0.5) is 0 Å². The maximum absolute atomic E-state index is 6.37. The van der Waals surface area contributed by atoms with Crippen LogP contribution >= 0.6 is 0 Å². The fourth-order valence-corrected chi connectivity index (χ4v) is 6.07. The Labute approximate surface area is 101 Å². The van der Waals surface area contributed by atoms with E-state index in [0.717, 1.165) is 5.75 Å². The lowest BCUT2D eigenvalue weighted by atomic mass is 10.3. The van der Waals surface area contributed by atoms with E-state index >= 15 is 0 Å². The van der Waals surface area contributed by atoms with Crippen molar-refractivity contribution in [1.82, 2.24) is 0 Å². The van der Waals surface area contributed by atoms with Gasteiger partial charge in [-0.15, -0.1) is 0 Å². The molecule has 0 saturated heterocycles. The minimum Gasteiger partial charge on any atom is -0.543 e. The predicted octanol–water partition coefficient (Wildman–Crippen LogP) is 4.85. The van der Waals surface area contributed by atoms with Crippen molar-refractivity contribution in [3.63, 3.8) is 0 Å². The second kappa shape index (κ2) is 6.74. The quantitative estimate of drug-likeness (QED) is 0.615. The Hall–Kier alpha value is -0.763. The van der Waals surface area contributed by atoms with Crippen LogP contribution in [0.25, 0.3) is 0 Å². The molecular weight excluding hydrogens is 212 g/mol. The maximum Gasteiger partial charge on any atom is 0.250 e. The minimum atomic E-state index is -1.51. The van der Waals surface area contributed by atoms with E-state index in [1.807, 2.05) is 6.07 Å². The molecular formula is C14H24OSi. The molecule has 2 heteroatoms. The molecule has 0 unspecified atom stereocenters. The van der Waals surface area contributed by atoms with E-state index < -0.39 is 8.32 Å². The lowest BCUT2D eigenvalue weighted by Gasteiger charge is -2.30. The summed E-state index contributed by atoms with van der Waals surface area (Å²) >= 11 is 0. The molecule has 0 atom stereocenters. The van der Waals surface area contributed by atoms with Gasteiger partial charge in [-0.1, -0.05) is 51.8 Å². The van der Waals surface area contributed by atoms with Gasteiger partial charge in [0, 0.05) is 0 Å². The summed E-state index contributed by atoms with van der Waals surface area (Å²) in [6, 6.07) is 14.1. The van der Waals surface area contributed by atoms with Gasteiger partial charge in [0.1, 0.15) is 5.75 Å². The summed E-state index contributed by atoms with van der Waals surface area (Å²) < 4.78 is 6.37. The molecule has 0 spiro atoms. The summed E-state index contributed by atoms with van der Waals surface area (Å²) in [7, 11) is -1.51. The van der Waals surface area contributed by atoms with Crippen molar-refractivity contribution in [3.8, 4) is 5.75 Å². The van der Waals surface area contributed by atoms with E-state index in [0.29, 0.717) is 0 Å². The zero-order valence-electron chi connectivity index (χ0n) is 10.8. The summed E-state index contributed by atoms with van der Waals surface area (Å²) in [5.74, 6) is 1.07. The Morgan fingerprint density at radius 3 is 1.94 bits per heavy atom. The monoisotopic (exact) mass is 236 g/mol. The molecule has 16 heavy (non-hydrogen) atoms. The summed E-state index contributed by atoms with van der Waals surface area (Å²) in [6.45, 7) is 6.82. The summed E-state index contributed by atoms with van der Waals surface area (Å²) in [5.41, 5.74) is 0. The SMILES string of the molecule is CCC[Si](CC)(CCC)Oc1ccccc1. The van der Waals surface area contributed by atoms with Crippen molar-refractivity contribution >= 4 is 8.32 Å². The maximum atomic E-state index is 6.37. The van der Waals surface area contributed by atoms with Crippen molar-refractivity contribution in [2.45, 2.75) is 51.7 Å². The lowest BCUT2D eigenvalue weighted by Crippen LogP contribution is -2.40. The molecule has 1 rings (SSSR count). The average molecular weight is 236 g/mol. The molecule has 0 saturated carbocycles. The second-order valence-electron chi connectivity index (χ2n) is 4.45. The van der Waals surface area contributed by atoms with Gasteiger partial charge in [0.15, 0.2) is 0 Å². The van der Waals surface area contributed by atoms with E-state index in [4.69, 9.17) is 4.43 Å².